The normalized spacial score (nSPS) is 16.9. The van der Waals surface area contributed by atoms with E-state index in [0.717, 1.165) is 5.69 Å². The summed E-state index contributed by atoms with van der Waals surface area (Å²) in [6, 6.07) is 7.48. The Kier molecular flexibility index (Phi) is 3.41. The first-order valence-electron chi connectivity index (χ1n) is 5.61. The fraction of sp³-hybridized carbons (Fsp3) is 0.462. The summed E-state index contributed by atoms with van der Waals surface area (Å²) >= 11 is 0. The van der Waals surface area contributed by atoms with E-state index in [1.807, 2.05) is 6.07 Å². The summed E-state index contributed by atoms with van der Waals surface area (Å²) in [6.45, 7) is 1.28. The van der Waals surface area contributed by atoms with Gasteiger partial charge in [0, 0.05) is 20.3 Å². The van der Waals surface area contributed by atoms with E-state index in [4.69, 9.17) is 19.5 Å². The summed E-state index contributed by atoms with van der Waals surface area (Å²) in [5.41, 5.74) is 1.53. The van der Waals surface area contributed by atoms with Crippen LogP contribution in [-0.4, -0.2) is 40.2 Å². The van der Waals surface area contributed by atoms with Gasteiger partial charge in [-0.2, -0.15) is 5.26 Å². The van der Waals surface area contributed by atoms with Crippen molar-refractivity contribution in [3.63, 3.8) is 0 Å². The lowest BCUT2D eigenvalue weighted by Gasteiger charge is -2.48. The van der Waals surface area contributed by atoms with E-state index >= 15 is 0 Å². The van der Waals surface area contributed by atoms with Gasteiger partial charge in [-0.1, -0.05) is 0 Å². The number of anilines is 1. The summed E-state index contributed by atoms with van der Waals surface area (Å²) in [6.07, 6.45) is 0. The number of rotatable bonds is 4. The number of hydrogen-bond donors (Lipinski definition) is 0. The molecule has 0 spiro atoms. The zero-order valence-electron chi connectivity index (χ0n) is 10.8. The highest BCUT2D eigenvalue weighted by Gasteiger charge is 2.44. The predicted octanol–water partition coefficient (Wildman–Crippen LogP) is 1.38. The highest BCUT2D eigenvalue weighted by molar-refractivity contribution is 5.63. The standard InChI is InChI=1S/C13H16N2O3/c1-16-12-6-10(7-14)4-5-11(12)15-8-13(9-15,17-2)18-3/h4-6H,8-9H2,1-3H3. The van der Waals surface area contributed by atoms with Gasteiger partial charge in [-0.3, -0.25) is 0 Å². The summed E-state index contributed by atoms with van der Waals surface area (Å²) in [7, 11) is 4.87. The van der Waals surface area contributed by atoms with Crippen LogP contribution in [0.25, 0.3) is 0 Å². The molecule has 0 radical (unpaired) electrons. The van der Waals surface area contributed by atoms with Crippen LogP contribution in [-0.2, 0) is 9.47 Å². The van der Waals surface area contributed by atoms with Crippen molar-refractivity contribution in [3.05, 3.63) is 23.8 Å². The van der Waals surface area contributed by atoms with Gasteiger partial charge in [-0.05, 0) is 12.1 Å². The summed E-state index contributed by atoms with van der Waals surface area (Å²) < 4.78 is 16.0. The van der Waals surface area contributed by atoms with Gasteiger partial charge in [0.1, 0.15) is 5.75 Å². The third-order valence-electron chi connectivity index (χ3n) is 3.26. The Bertz CT molecular complexity index is 470. The molecule has 1 heterocycles. The maximum atomic E-state index is 8.86. The molecular weight excluding hydrogens is 232 g/mol. The fourth-order valence-electron chi connectivity index (χ4n) is 2.06. The lowest BCUT2D eigenvalue weighted by atomic mass is 10.0. The highest BCUT2D eigenvalue weighted by atomic mass is 16.7. The second-order valence-electron chi connectivity index (χ2n) is 4.17. The van der Waals surface area contributed by atoms with E-state index in [-0.39, 0.29) is 0 Å². The molecule has 96 valence electrons. The molecule has 0 N–H and O–H groups in total. The summed E-state index contributed by atoms with van der Waals surface area (Å²) in [4.78, 5) is 2.09. The molecule has 1 saturated heterocycles. The van der Waals surface area contributed by atoms with Crippen LogP contribution in [0.1, 0.15) is 5.56 Å². The van der Waals surface area contributed by atoms with Crippen LogP contribution in [0.5, 0.6) is 5.75 Å². The molecule has 1 aromatic rings. The van der Waals surface area contributed by atoms with Crippen molar-refractivity contribution in [1.29, 1.82) is 5.26 Å². The molecule has 18 heavy (non-hydrogen) atoms. The first-order chi connectivity index (χ1) is 8.68. The van der Waals surface area contributed by atoms with E-state index in [1.165, 1.54) is 0 Å². The second kappa shape index (κ2) is 4.84. The number of ether oxygens (including phenoxy) is 3. The Morgan fingerprint density at radius 1 is 1.22 bits per heavy atom. The van der Waals surface area contributed by atoms with Crippen LogP contribution in [0.15, 0.2) is 18.2 Å². The predicted molar refractivity (Wildman–Crippen MR) is 66.7 cm³/mol. The Morgan fingerprint density at radius 3 is 2.39 bits per heavy atom. The minimum absolute atomic E-state index is 0.529. The van der Waals surface area contributed by atoms with Crippen molar-refractivity contribution < 1.29 is 14.2 Å². The van der Waals surface area contributed by atoms with Gasteiger partial charge in [0.2, 0.25) is 5.79 Å². The third-order valence-corrected chi connectivity index (χ3v) is 3.26. The molecule has 0 aliphatic carbocycles. The number of benzene rings is 1. The zero-order valence-corrected chi connectivity index (χ0v) is 10.8. The van der Waals surface area contributed by atoms with Crippen LogP contribution < -0.4 is 9.64 Å². The smallest absolute Gasteiger partial charge is 0.203 e. The quantitative estimate of drug-likeness (QED) is 0.753. The maximum Gasteiger partial charge on any atom is 0.203 e. The molecule has 1 fully saturated rings. The second-order valence-corrected chi connectivity index (χ2v) is 4.17. The Morgan fingerprint density at radius 2 is 1.89 bits per heavy atom. The lowest BCUT2D eigenvalue weighted by Crippen LogP contribution is -2.64. The van der Waals surface area contributed by atoms with Crippen LogP contribution in [0, 0.1) is 11.3 Å². The SMILES string of the molecule is COc1cc(C#N)ccc1N1CC(OC)(OC)C1. The summed E-state index contributed by atoms with van der Waals surface area (Å²) in [5, 5.41) is 8.86. The molecule has 0 aromatic heterocycles. The van der Waals surface area contributed by atoms with Gasteiger partial charge in [0.15, 0.2) is 0 Å². The van der Waals surface area contributed by atoms with Crippen molar-refractivity contribution in [2.24, 2.45) is 0 Å². The van der Waals surface area contributed by atoms with E-state index in [0.29, 0.717) is 24.4 Å². The average molecular weight is 248 g/mol. The van der Waals surface area contributed by atoms with Gasteiger partial charge >= 0.3 is 0 Å². The fourth-order valence-corrected chi connectivity index (χ4v) is 2.06. The maximum absolute atomic E-state index is 8.86. The van der Waals surface area contributed by atoms with Gasteiger partial charge in [0.25, 0.3) is 0 Å². The van der Waals surface area contributed by atoms with E-state index < -0.39 is 5.79 Å². The van der Waals surface area contributed by atoms with Crippen molar-refractivity contribution >= 4 is 5.69 Å². The molecule has 1 aliphatic heterocycles. The van der Waals surface area contributed by atoms with Crippen molar-refractivity contribution in [2.45, 2.75) is 5.79 Å². The first kappa shape index (κ1) is 12.7. The van der Waals surface area contributed by atoms with Crippen LogP contribution in [0.4, 0.5) is 5.69 Å². The highest BCUT2D eigenvalue weighted by Crippen LogP contribution is 2.36. The molecule has 0 unspecified atom stereocenters. The third kappa shape index (κ3) is 2.01. The Balaban J connectivity index is 2.19. The monoisotopic (exact) mass is 248 g/mol. The topological polar surface area (TPSA) is 54.7 Å². The molecule has 2 rings (SSSR count). The largest absolute Gasteiger partial charge is 0.495 e. The number of nitriles is 1. The van der Waals surface area contributed by atoms with Gasteiger partial charge < -0.3 is 19.1 Å². The molecule has 1 aliphatic rings. The average Bonchev–Trinajstić information content (AvgIpc) is 2.38. The molecule has 0 amide bonds. The van der Waals surface area contributed by atoms with Crippen LogP contribution in [0.3, 0.4) is 0 Å². The number of nitrogens with zero attached hydrogens (tertiary/aromatic N) is 2. The Hall–Kier alpha value is -1.77. The minimum atomic E-state index is -0.529. The molecule has 5 heteroatoms. The minimum Gasteiger partial charge on any atom is -0.495 e. The molecule has 1 aromatic carbocycles. The van der Waals surface area contributed by atoms with Crippen molar-refractivity contribution in [3.8, 4) is 11.8 Å². The van der Waals surface area contributed by atoms with Crippen molar-refractivity contribution in [2.75, 3.05) is 39.3 Å². The number of hydrogen-bond acceptors (Lipinski definition) is 5. The Labute approximate surface area is 106 Å². The van der Waals surface area contributed by atoms with Crippen LogP contribution in [0.2, 0.25) is 0 Å². The van der Waals surface area contributed by atoms with Gasteiger partial charge in [-0.15, -0.1) is 0 Å². The molecular formula is C13H16N2O3. The van der Waals surface area contributed by atoms with Gasteiger partial charge in [-0.25, -0.2) is 0 Å². The van der Waals surface area contributed by atoms with Crippen LogP contribution >= 0.6 is 0 Å². The van der Waals surface area contributed by atoms with E-state index in [2.05, 4.69) is 11.0 Å². The molecule has 0 bridgehead atoms. The molecule has 0 atom stereocenters. The molecule has 5 nitrogen and oxygen atoms in total. The van der Waals surface area contributed by atoms with E-state index in [1.54, 1.807) is 33.5 Å². The summed E-state index contributed by atoms with van der Waals surface area (Å²) in [5.74, 6) is 0.161. The lowest BCUT2D eigenvalue weighted by molar-refractivity contribution is -0.219. The molecule has 0 saturated carbocycles. The van der Waals surface area contributed by atoms with Crippen molar-refractivity contribution in [1.82, 2.24) is 0 Å². The zero-order chi connectivity index (χ0) is 13.2. The first-order valence-corrected chi connectivity index (χ1v) is 5.61. The van der Waals surface area contributed by atoms with Gasteiger partial charge in [0.05, 0.1) is 37.5 Å². The number of methoxy groups -OCH3 is 3. The van der Waals surface area contributed by atoms with E-state index in [9.17, 15) is 0 Å².